The van der Waals surface area contributed by atoms with Gasteiger partial charge in [-0.1, -0.05) is 13.3 Å². The fourth-order valence-corrected chi connectivity index (χ4v) is 3.53. The Balaban J connectivity index is 0.00000392. The third-order valence-electron chi connectivity index (χ3n) is 5.17. The van der Waals surface area contributed by atoms with Crippen molar-refractivity contribution in [3.8, 4) is 0 Å². The summed E-state index contributed by atoms with van der Waals surface area (Å²) in [6.07, 6.45) is 4.01. The van der Waals surface area contributed by atoms with Crippen molar-refractivity contribution >= 4 is 42.3 Å². The molecule has 29 heavy (non-hydrogen) atoms. The molecule has 1 unspecified atom stereocenters. The third-order valence-corrected chi connectivity index (χ3v) is 5.17. The molecule has 1 atom stereocenters. The number of unbranched alkanes of at least 4 members (excludes halogenated alkanes) is 1. The average Bonchev–Trinajstić information content (AvgIpc) is 2.72. The molecule has 1 fully saturated rings. The molecule has 0 spiro atoms. The quantitative estimate of drug-likeness (QED) is 0.610. The number of amides is 2. The minimum atomic E-state index is -0.141. The molecule has 8 heteroatoms. The summed E-state index contributed by atoms with van der Waals surface area (Å²) < 4.78 is 0. The van der Waals surface area contributed by atoms with E-state index >= 15 is 0 Å². The molecule has 166 valence electrons. The van der Waals surface area contributed by atoms with Crippen molar-refractivity contribution in [1.82, 2.24) is 10.2 Å². The average molecular weight is 447 g/mol. The minimum absolute atomic E-state index is 0. The van der Waals surface area contributed by atoms with Gasteiger partial charge in [-0.25, -0.2) is 0 Å². The van der Waals surface area contributed by atoms with Gasteiger partial charge in [0, 0.05) is 50.5 Å². The van der Waals surface area contributed by atoms with E-state index in [4.69, 9.17) is 5.73 Å². The highest BCUT2D eigenvalue weighted by molar-refractivity contribution is 5.95. The van der Waals surface area contributed by atoms with Gasteiger partial charge >= 0.3 is 0 Å². The Morgan fingerprint density at radius 1 is 1.21 bits per heavy atom. The number of anilines is 1. The molecule has 0 radical (unpaired) electrons. The lowest BCUT2D eigenvalue weighted by Gasteiger charge is -2.32. The predicted octanol–water partition coefficient (Wildman–Crippen LogP) is 3.08. The number of carbonyl (C=O) groups is 2. The van der Waals surface area contributed by atoms with Gasteiger partial charge in [-0.2, -0.15) is 0 Å². The smallest absolute Gasteiger partial charge is 0.253 e. The van der Waals surface area contributed by atoms with Crippen molar-refractivity contribution in [2.45, 2.75) is 39.5 Å². The first-order valence-corrected chi connectivity index (χ1v) is 10.2. The van der Waals surface area contributed by atoms with Crippen molar-refractivity contribution in [1.29, 1.82) is 0 Å². The molecule has 1 aromatic carbocycles. The molecule has 6 nitrogen and oxygen atoms in total. The lowest BCUT2D eigenvalue weighted by atomic mass is 9.96. The van der Waals surface area contributed by atoms with Gasteiger partial charge in [-0.05, 0) is 50.5 Å². The maximum Gasteiger partial charge on any atom is 0.253 e. The van der Waals surface area contributed by atoms with Crippen molar-refractivity contribution in [2.24, 2.45) is 11.7 Å². The number of nitrogens with one attached hydrogen (secondary N) is 1. The van der Waals surface area contributed by atoms with E-state index < -0.39 is 0 Å². The fraction of sp³-hybridized carbons (Fsp3) is 0.619. The van der Waals surface area contributed by atoms with Crippen LogP contribution in [0.25, 0.3) is 0 Å². The largest absolute Gasteiger partial charge is 0.372 e. The molecule has 1 aliphatic heterocycles. The lowest BCUT2D eigenvalue weighted by molar-refractivity contribution is -0.126. The van der Waals surface area contributed by atoms with Gasteiger partial charge in [0.15, 0.2) is 0 Å². The van der Waals surface area contributed by atoms with Crippen LogP contribution in [0.4, 0.5) is 5.69 Å². The first-order valence-electron chi connectivity index (χ1n) is 10.2. The molecule has 0 aliphatic carbocycles. The number of nitrogens with two attached hydrogens (primary N) is 1. The van der Waals surface area contributed by atoms with Crippen molar-refractivity contribution in [3.63, 3.8) is 0 Å². The van der Waals surface area contributed by atoms with Crippen LogP contribution in [0.5, 0.6) is 0 Å². The Morgan fingerprint density at radius 2 is 1.90 bits per heavy atom. The van der Waals surface area contributed by atoms with Crippen LogP contribution in [0.15, 0.2) is 24.3 Å². The number of benzene rings is 1. The van der Waals surface area contributed by atoms with E-state index in [0.717, 1.165) is 38.0 Å². The van der Waals surface area contributed by atoms with Gasteiger partial charge in [0.25, 0.3) is 5.91 Å². The van der Waals surface area contributed by atoms with E-state index in [-0.39, 0.29) is 42.5 Å². The molecule has 1 saturated heterocycles. The summed E-state index contributed by atoms with van der Waals surface area (Å²) in [6, 6.07) is 7.87. The lowest BCUT2D eigenvalue weighted by Crippen LogP contribution is -2.46. The van der Waals surface area contributed by atoms with Gasteiger partial charge in [-0.3, -0.25) is 9.59 Å². The Hall–Kier alpha value is -1.50. The topological polar surface area (TPSA) is 78.7 Å². The molecule has 2 amide bonds. The summed E-state index contributed by atoms with van der Waals surface area (Å²) in [6.45, 7) is 8.44. The highest BCUT2D eigenvalue weighted by atomic mass is 35.5. The molecule has 0 aromatic heterocycles. The van der Waals surface area contributed by atoms with Crippen LogP contribution >= 0.6 is 24.8 Å². The van der Waals surface area contributed by atoms with E-state index in [1.54, 1.807) is 4.90 Å². The number of rotatable bonds is 9. The molecule has 2 rings (SSSR count). The van der Waals surface area contributed by atoms with E-state index in [0.29, 0.717) is 31.7 Å². The first-order chi connectivity index (χ1) is 13.1. The molecule has 1 aliphatic rings. The van der Waals surface area contributed by atoms with E-state index in [9.17, 15) is 9.59 Å². The second-order valence-corrected chi connectivity index (χ2v) is 7.15. The highest BCUT2D eigenvalue weighted by Crippen LogP contribution is 2.21. The summed E-state index contributed by atoms with van der Waals surface area (Å²) in [5.74, 6) is -0.129. The summed E-state index contributed by atoms with van der Waals surface area (Å²) >= 11 is 0. The van der Waals surface area contributed by atoms with E-state index in [1.807, 2.05) is 24.3 Å². The Morgan fingerprint density at radius 3 is 2.48 bits per heavy atom. The van der Waals surface area contributed by atoms with Crippen LogP contribution in [-0.2, 0) is 4.79 Å². The standard InChI is InChI=1S/C21H34N4O2.2ClH/c1-3-5-14-24(4-2)19-10-8-17(9-11-19)21(27)25-15-6-7-18(16-25)20(26)23-13-12-22;;/h8-11,18H,3-7,12-16,22H2,1-2H3,(H,23,26);2*1H. The normalized spacial score (nSPS) is 15.7. The van der Waals surface area contributed by atoms with Crippen LogP contribution in [0.3, 0.4) is 0 Å². The Kier molecular flexibility index (Phi) is 13.7. The third kappa shape index (κ3) is 8.03. The summed E-state index contributed by atoms with van der Waals surface area (Å²) in [4.78, 5) is 29.2. The summed E-state index contributed by atoms with van der Waals surface area (Å²) in [5, 5.41) is 2.84. The van der Waals surface area contributed by atoms with Gasteiger partial charge < -0.3 is 20.9 Å². The predicted molar refractivity (Wildman–Crippen MR) is 124 cm³/mol. The van der Waals surface area contributed by atoms with Crippen LogP contribution in [0.1, 0.15) is 49.9 Å². The number of halogens is 2. The number of carbonyl (C=O) groups excluding carboxylic acids is 2. The molecule has 1 heterocycles. The van der Waals surface area contributed by atoms with Crippen LogP contribution in [-0.4, -0.2) is 56.0 Å². The first kappa shape index (κ1) is 27.5. The highest BCUT2D eigenvalue weighted by Gasteiger charge is 2.28. The molecule has 3 N–H and O–H groups in total. The molecule has 1 aromatic rings. The second kappa shape index (κ2) is 14.5. The van der Waals surface area contributed by atoms with Crippen LogP contribution in [0, 0.1) is 5.92 Å². The fourth-order valence-electron chi connectivity index (χ4n) is 3.53. The summed E-state index contributed by atoms with van der Waals surface area (Å²) in [5.41, 5.74) is 7.29. The number of hydrogen-bond donors (Lipinski definition) is 2. The molecule has 0 saturated carbocycles. The zero-order valence-electron chi connectivity index (χ0n) is 17.6. The second-order valence-electron chi connectivity index (χ2n) is 7.15. The van der Waals surface area contributed by atoms with E-state index in [2.05, 4.69) is 24.1 Å². The monoisotopic (exact) mass is 446 g/mol. The Labute approximate surface area is 187 Å². The van der Waals surface area contributed by atoms with Gasteiger partial charge in [0.2, 0.25) is 5.91 Å². The maximum absolute atomic E-state index is 12.9. The summed E-state index contributed by atoms with van der Waals surface area (Å²) in [7, 11) is 0. The Bertz CT molecular complexity index is 613. The molecule has 0 bridgehead atoms. The van der Waals surface area contributed by atoms with Crippen molar-refractivity contribution in [3.05, 3.63) is 29.8 Å². The minimum Gasteiger partial charge on any atom is -0.372 e. The maximum atomic E-state index is 12.9. The van der Waals surface area contributed by atoms with Crippen molar-refractivity contribution < 1.29 is 9.59 Å². The van der Waals surface area contributed by atoms with Crippen LogP contribution in [0.2, 0.25) is 0 Å². The zero-order valence-corrected chi connectivity index (χ0v) is 19.2. The molecular formula is C21H36Cl2N4O2. The molecular weight excluding hydrogens is 411 g/mol. The number of nitrogens with zero attached hydrogens (tertiary/aromatic N) is 2. The number of likely N-dealkylation sites (tertiary alicyclic amines) is 1. The van der Waals surface area contributed by atoms with Crippen molar-refractivity contribution in [2.75, 3.05) is 44.2 Å². The zero-order chi connectivity index (χ0) is 19.6. The SMILES string of the molecule is CCCCN(CC)c1ccc(C(=O)N2CCCC(C(=O)NCCN)C2)cc1.Cl.Cl. The van der Waals surface area contributed by atoms with Gasteiger partial charge in [0.05, 0.1) is 5.92 Å². The van der Waals surface area contributed by atoms with E-state index in [1.165, 1.54) is 6.42 Å². The number of piperidine rings is 1. The number of hydrogen-bond acceptors (Lipinski definition) is 4. The van der Waals surface area contributed by atoms with Gasteiger partial charge in [0.1, 0.15) is 0 Å². The van der Waals surface area contributed by atoms with Gasteiger partial charge in [-0.15, -0.1) is 24.8 Å². The van der Waals surface area contributed by atoms with Crippen LogP contribution < -0.4 is 16.0 Å².